The number of halogens is 1. The Bertz CT molecular complexity index is 984. The molecule has 0 radical (unpaired) electrons. The molecule has 1 aliphatic heterocycles. The van der Waals surface area contributed by atoms with E-state index in [1.807, 2.05) is 0 Å². The van der Waals surface area contributed by atoms with Crippen LogP contribution in [-0.2, 0) is 14.8 Å². The van der Waals surface area contributed by atoms with E-state index in [9.17, 15) is 17.6 Å². The SMILES string of the molecule is CC(C)(C)OC(=O)Nc1ccc2c(c1)N(S(=O)(=O)c1ccc(F)cc1)CCO2. The van der Waals surface area contributed by atoms with Crippen molar-refractivity contribution in [2.45, 2.75) is 31.3 Å². The van der Waals surface area contributed by atoms with Crippen molar-refractivity contribution in [3.8, 4) is 5.75 Å². The smallest absolute Gasteiger partial charge is 0.412 e. The van der Waals surface area contributed by atoms with Crippen LogP contribution in [0.1, 0.15) is 20.8 Å². The van der Waals surface area contributed by atoms with Crippen LogP contribution in [0.4, 0.5) is 20.6 Å². The van der Waals surface area contributed by atoms with Gasteiger partial charge in [0.15, 0.2) is 0 Å². The highest BCUT2D eigenvalue weighted by Gasteiger charge is 2.30. The summed E-state index contributed by atoms with van der Waals surface area (Å²) >= 11 is 0. The molecule has 7 nitrogen and oxygen atoms in total. The van der Waals surface area contributed by atoms with Crippen LogP contribution in [-0.4, -0.2) is 33.3 Å². The Balaban J connectivity index is 1.92. The van der Waals surface area contributed by atoms with Crippen LogP contribution in [0, 0.1) is 5.82 Å². The highest BCUT2D eigenvalue weighted by molar-refractivity contribution is 7.92. The zero-order chi connectivity index (χ0) is 20.5. The van der Waals surface area contributed by atoms with E-state index in [-0.39, 0.29) is 23.7 Å². The fourth-order valence-electron chi connectivity index (χ4n) is 2.68. The van der Waals surface area contributed by atoms with Crippen molar-refractivity contribution in [3.05, 3.63) is 48.3 Å². The number of nitrogens with zero attached hydrogens (tertiary/aromatic N) is 1. The van der Waals surface area contributed by atoms with Crippen molar-refractivity contribution in [2.24, 2.45) is 0 Å². The van der Waals surface area contributed by atoms with Gasteiger partial charge in [-0.3, -0.25) is 9.62 Å². The highest BCUT2D eigenvalue weighted by atomic mass is 32.2. The van der Waals surface area contributed by atoms with Crippen LogP contribution in [0.25, 0.3) is 0 Å². The number of benzene rings is 2. The third-order valence-corrected chi connectivity index (χ3v) is 5.65. The van der Waals surface area contributed by atoms with Crippen LogP contribution < -0.4 is 14.4 Å². The van der Waals surface area contributed by atoms with Crippen LogP contribution in [0.15, 0.2) is 47.4 Å². The number of ether oxygens (including phenoxy) is 2. The van der Waals surface area contributed by atoms with Crippen LogP contribution in [0.3, 0.4) is 0 Å². The molecule has 1 heterocycles. The zero-order valence-corrected chi connectivity index (χ0v) is 16.5. The molecule has 0 spiro atoms. The number of carbonyl (C=O) groups is 1. The van der Waals surface area contributed by atoms with E-state index < -0.39 is 27.5 Å². The lowest BCUT2D eigenvalue weighted by Gasteiger charge is -2.31. The van der Waals surface area contributed by atoms with Crippen molar-refractivity contribution in [1.82, 2.24) is 0 Å². The van der Waals surface area contributed by atoms with Crippen molar-refractivity contribution >= 4 is 27.5 Å². The molecule has 0 saturated heterocycles. The standard InChI is InChI=1S/C19H21FN2O5S/c1-19(2,3)27-18(23)21-14-6-9-17-16(12-14)22(10-11-26-17)28(24,25)15-7-4-13(20)5-8-15/h4-9,12H,10-11H2,1-3H3,(H,21,23). The maximum Gasteiger partial charge on any atom is 0.412 e. The van der Waals surface area contributed by atoms with Crippen LogP contribution in [0.2, 0.25) is 0 Å². The molecule has 2 aromatic carbocycles. The first kappa shape index (κ1) is 19.9. The highest BCUT2D eigenvalue weighted by Crippen LogP contribution is 2.37. The summed E-state index contributed by atoms with van der Waals surface area (Å²) in [4.78, 5) is 12.0. The van der Waals surface area contributed by atoms with Gasteiger partial charge < -0.3 is 9.47 Å². The molecule has 0 atom stereocenters. The van der Waals surface area contributed by atoms with E-state index in [0.29, 0.717) is 11.4 Å². The summed E-state index contributed by atoms with van der Waals surface area (Å²) in [5.74, 6) is -0.156. The molecule has 28 heavy (non-hydrogen) atoms. The average Bonchev–Trinajstić information content (AvgIpc) is 2.59. The Morgan fingerprint density at radius 1 is 1.18 bits per heavy atom. The van der Waals surface area contributed by atoms with E-state index in [2.05, 4.69) is 5.32 Å². The zero-order valence-electron chi connectivity index (χ0n) is 15.7. The molecule has 3 rings (SSSR count). The predicted octanol–water partition coefficient (Wildman–Crippen LogP) is 3.76. The number of amides is 1. The summed E-state index contributed by atoms with van der Waals surface area (Å²) in [6, 6.07) is 9.28. The van der Waals surface area contributed by atoms with Gasteiger partial charge in [0, 0.05) is 5.69 Å². The average molecular weight is 408 g/mol. The third kappa shape index (κ3) is 4.36. The monoisotopic (exact) mass is 408 g/mol. The molecule has 0 saturated carbocycles. The Labute approximate surface area is 163 Å². The normalized spacial score (nSPS) is 14.1. The van der Waals surface area contributed by atoms with Gasteiger partial charge in [0.25, 0.3) is 10.0 Å². The van der Waals surface area contributed by atoms with Gasteiger partial charge in [-0.1, -0.05) is 0 Å². The van der Waals surface area contributed by atoms with Crippen molar-refractivity contribution in [1.29, 1.82) is 0 Å². The van der Waals surface area contributed by atoms with Gasteiger partial charge in [0.1, 0.15) is 23.8 Å². The first-order valence-corrected chi connectivity index (χ1v) is 10.1. The van der Waals surface area contributed by atoms with Gasteiger partial charge >= 0.3 is 6.09 Å². The fraction of sp³-hybridized carbons (Fsp3) is 0.316. The van der Waals surface area contributed by atoms with E-state index in [1.54, 1.807) is 32.9 Å². The largest absolute Gasteiger partial charge is 0.489 e. The van der Waals surface area contributed by atoms with Crippen molar-refractivity contribution in [2.75, 3.05) is 22.8 Å². The molecule has 0 fully saturated rings. The molecule has 2 aromatic rings. The van der Waals surface area contributed by atoms with Crippen LogP contribution in [0.5, 0.6) is 5.75 Å². The first-order chi connectivity index (χ1) is 13.1. The number of anilines is 2. The summed E-state index contributed by atoms with van der Waals surface area (Å²) in [6.07, 6.45) is -0.655. The number of fused-ring (bicyclic) bond motifs is 1. The van der Waals surface area contributed by atoms with Gasteiger partial charge in [-0.15, -0.1) is 0 Å². The molecule has 0 aromatic heterocycles. The molecule has 0 bridgehead atoms. The first-order valence-electron chi connectivity index (χ1n) is 8.61. The fourth-order valence-corrected chi connectivity index (χ4v) is 4.13. The number of nitrogens with one attached hydrogen (secondary N) is 1. The van der Waals surface area contributed by atoms with Gasteiger partial charge in [-0.2, -0.15) is 0 Å². The molecule has 1 N–H and O–H groups in total. The lowest BCUT2D eigenvalue weighted by atomic mass is 10.2. The molecule has 9 heteroatoms. The van der Waals surface area contributed by atoms with E-state index in [4.69, 9.17) is 9.47 Å². The number of rotatable bonds is 3. The van der Waals surface area contributed by atoms with E-state index in [1.165, 1.54) is 22.5 Å². The number of carbonyl (C=O) groups excluding carboxylic acids is 1. The topological polar surface area (TPSA) is 84.9 Å². The van der Waals surface area contributed by atoms with Gasteiger partial charge in [-0.25, -0.2) is 17.6 Å². The minimum absolute atomic E-state index is 0.0349. The maximum absolute atomic E-state index is 13.2. The Morgan fingerprint density at radius 3 is 2.50 bits per heavy atom. The number of hydrogen-bond donors (Lipinski definition) is 1. The summed E-state index contributed by atoms with van der Waals surface area (Å²) in [6.45, 7) is 5.48. The second kappa shape index (κ2) is 7.31. The summed E-state index contributed by atoms with van der Waals surface area (Å²) in [5, 5.41) is 2.58. The molecule has 1 amide bonds. The van der Waals surface area contributed by atoms with E-state index >= 15 is 0 Å². The van der Waals surface area contributed by atoms with E-state index in [0.717, 1.165) is 12.1 Å². The number of hydrogen-bond acceptors (Lipinski definition) is 5. The molecule has 150 valence electrons. The maximum atomic E-state index is 13.2. The quantitative estimate of drug-likeness (QED) is 0.836. The molecule has 0 unspecified atom stereocenters. The van der Waals surface area contributed by atoms with Crippen molar-refractivity contribution in [3.63, 3.8) is 0 Å². The van der Waals surface area contributed by atoms with Crippen LogP contribution >= 0.6 is 0 Å². The number of sulfonamides is 1. The minimum atomic E-state index is -3.92. The molecule has 0 aliphatic carbocycles. The van der Waals surface area contributed by atoms with Gasteiger partial charge in [0.05, 0.1) is 17.1 Å². The lowest BCUT2D eigenvalue weighted by molar-refractivity contribution is 0.0636. The second-order valence-electron chi connectivity index (χ2n) is 7.19. The van der Waals surface area contributed by atoms with Crippen molar-refractivity contribution < 1.29 is 27.1 Å². The Kier molecular flexibility index (Phi) is 5.20. The third-order valence-electron chi connectivity index (χ3n) is 3.83. The summed E-state index contributed by atoms with van der Waals surface area (Å²) in [7, 11) is -3.92. The summed E-state index contributed by atoms with van der Waals surface area (Å²) in [5.41, 5.74) is -0.0266. The Hall–Kier alpha value is -2.81. The Morgan fingerprint density at radius 2 is 1.86 bits per heavy atom. The minimum Gasteiger partial charge on any atom is -0.489 e. The molecular formula is C19H21FN2O5S. The summed E-state index contributed by atoms with van der Waals surface area (Å²) < 4.78 is 51.1. The lowest BCUT2D eigenvalue weighted by Crippen LogP contribution is -2.38. The van der Waals surface area contributed by atoms with Gasteiger partial charge in [0.2, 0.25) is 0 Å². The predicted molar refractivity (Wildman–Crippen MR) is 103 cm³/mol. The molecule has 1 aliphatic rings. The second-order valence-corrected chi connectivity index (χ2v) is 9.05. The molecular weight excluding hydrogens is 387 g/mol. The van der Waals surface area contributed by atoms with Gasteiger partial charge in [-0.05, 0) is 63.2 Å².